The van der Waals surface area contributed by atoms with Gasteiger partial charge in [-0.3, -0.25) is 4.79 Å². The number of nitrogens with one attached hydrogen (secondary N) is 1. The van der Waals surface area contributed by atoms with E-state index in [1.54, 1.807) is 0 Å². The van der Waals surface area contributed by atoms with Crippen LogP contribution in [0.1, 0.15) is 21.5 Å². The Bertz CT molecular complexity index is 897. The van der Waals surface area contributed by atoms with Crippen molar-refractivity contribution in [3.05, 3.63) is 59.3 Å². The number of nitrogens with zero attached hydrogens (tertiary/aromatic N) is 1. The number of aromatic nitrogens is 1. The van der Waals surface area contributed by atoms with E-state index in [1.165, 1.54) is 42.6 Å². The van der Waals surface area contributed by atoms with Gasteiger partial charge in [-0.05, 0) is 23.8 Å². The van der Waals surface area contributed by atoms with Crippen LogP contribution in [0.3, 0.4) is 0 Å². The summed E-state index contributed by atoms with van der Waals surface area (Å²) in [5.41, 5.74) is 1.13. The Kier molecular flexibility index (Phi) is 6.42. The molecule has 0 saturated heterocycles. The Balaban J connectivity index is 1.99. The molecule has 1 amide bonds. The molecule has 146 valence electrons. The number of carbonyl (C=O) groups excluding carboxylic acids is 1. The van der Waals surface area contributed by atoms with Crippen LogP contribution in [0.15, 0.2) is 42.6 Å². The van der Waals surface area contributed by atoms with Crippen molar-refractivity contribution >= 4 is 15.7 Å². The predicted molar refractivity (Wildman–Crippen MR) is 91.9 cm³/mol. The lowest BCUT2D eigenvalue weighted by atomic mass is 10.1. The van der Waals surface area contributed by atoms with Crippen molar-refractivity contribution in [2.75, 3.05) is 12.9 Å². The number of halogens is 3. The fourth-order valence-electron chi connectivity index (χ4n) is 2.17. The molecule has 6 nitrogen and oxygen atoms in total. The molecule has 27 heavy (non-hydrogen) atoms. The molecule has 1 aromatic carbocycles. The third-order valence-corrected chi connectivity index (χ3v) is 4.16. The first kappa shape index (κ1) is 20.7. The third kappa shape index (κ3) is 7.26. The maximum absolute atomic E-state index is 12.3. The molecule has 0 atom stereocenters. The normalized spacial score (nSPS) is 11.9. The summed E-state index contributed by atoms with van der Waals surface area (Å²) in [6.07, 6.45) is -2.09. The van der Waals surface area contributed by atoms with Crippen molar-refractivity contribution in [1.82, 2.24) is 10.3 Å². The van der Waals surface area contributed by atoms with Crippen molar-refractivity contribution in [1.29, 1.82) is 0 Å². The van der Waals surface area contributed by atoms with E-state index < -0.39 is 28.5 Å². The third-order valence-electron chi connectivity index (χ3n) is 3.31. The highest BCUT2D eigenvalue weighted by molar-refractivity contribution is 7.89. The van der Waals surface area contributed by atoms with Gasteiger partial charge in [0.15, 0.2) is 16.4 Å². The summed E-state index contributed by atoms with van der Waals surface area (Å²) in [4.78, 5) is 15.9. The zero-order valence-electron chi connectivity index (χ0n) is 14.3. The molecule has 0 aliphatic rings. The summed E-state index contributed by atoms with van der Waals surface area (Å²) in [7, 11) is -3.18. The van der Waals surface area contributed by atoms with Gasteiger partial charge in [0.25, 0.3) is 5.91 Å². The Morgan fingerprint density at radius 1 is 1.19 bits per heavy atom. The Labute approximate surface area is 154 Å². The number of benzene rings is 1. The number of hydrogen-bond acceptors (Lipinski definition) is 5. The summed E-state index contributed by atoms with van der Waals surface area (Å²) in [6.45, 7) is -1.56. The van der Waals surface area contributed by atoms with Crippen LogP contribution >= 0.6 is 0 Å². The minimum absolute atomic E-state index is 0.0784. The van der Waals surface area contributed by atoms with Crippen LogP contribution in [-0.4, -0.2) is 38.3 Å². The molecule has 0 aliphatic heterocycles. The smallest absolute Gasteiger partial charge is 0.422 e. The molecule has 2 rings (SSSR count). The van der Waals surface area contributed by atoms with Crippen molar-refractivity contribution in [3.63, 3.8) is 0 Å². The molecule has 0 unspecified atom stereocenters. The van der Waals surface area contributed by atoms with E-state index in [0.29, 0.717) is 11.1 Å². The number of carbonyl (C=O) groups is 1. The first-order valence-electron chi connectivity index (χ1n) is 7.72. The average molecular weight is 402 g/mol. The largest absolute Gasteiger partial charge is 0.468 e. The molecule has 1 N–H and O–H groups in total. The van der Waals surface area contributed by atoms with E-state index in [4.69, 9.17) is 0 Å². The van der Waals surface area contributed by atoms with E-state index in [2.05, 4.69) is 15.0 Å². The average Bonchev–Trinajstić information content (AvgIpc) is 2.57. The maximum Gasteiger partial charge on any atom is 0.422 e. The molecule has 0 spiro atoms. The van der Waals surface area contributed by atoms with Gasteiger partial charge in [-0.25, -0.2) is 13.4 Å². The lowest BCUT2D eigenvalue weighted by Crippen LogP contribution is -2.24. The van der Waals surface area contributed by atoms with Gasteiger partial charge in [-0.15, -0.1) is 0 Å². The van der Waals surface area contributed by atoms with Gasteiger partial charge >= 0.3 is 6.18 Å². The maximum atomic E-state index is 12.3. The van der Waals surface area contributed by atoms with Gasteiger partial charge in [0, 0.05) is 30.1 Å². The van der Waals surface area contributed by atoms with Crippen LogP contribution in [-0.2, 0) is 22.1 Å². The topological polar surface area (TPSA) is 85.4 Å². The fraction of sp³-hybridized carbons (Fsp3) is 0.294. The number of rotatable bonds is 7. The molecule has 0 radical (unpaired) electrons. The minimum Gasteiger partial charge on any atom is -0.468 e. The van der Waals surface area contributed by atoms with Gasteiger partial charge < -0.3 is 10.1 Å². The molecule has 2 aromatic rings. The van der Waals surface area contributed by atoms with Gasteiger partial charge in [-0.2, -0.15) is 13.2 Å². The summed E-state index contributed by atoms with van der Waals surface area (Å²) in [5.74, 6) is -0.810. The SMILES string of the molecule is CS(=O)(=O)Cc1ccc(C(=O)NCc2cccnc2OCC(F)(F)F)cc1. The van der Waals surface area contributed by atoms with E-state index in [9.17, 15) is 26.4 Å². The molecule has 0 bridgehead atoms. The fourth-order valence-corrected chi connectivity index (χ4v) is 2.97. The highest BCUT2D eigenvalue weighted by Crippen LogP contribution is 2.20. The van der Waals surface area contributed by atoms with Crippen LogP contribution in [0.4, 0.5) is 13.2 Å². The second-order valence-electron chi connectivity index (χ2n) is 5.82. The standard InChI is InChI=1S/C17H17F3N2O4S/c1-27(24,25)10-12-4-6-13(7-5-12)15(23)22-9-14-3-2-8-21-16(14)26-11-17(18,19)20/h2-8H,9-11H2,1H3,(H,22,23). The van der Waals surface area contributed by atoms with Crippen molar-refractivity contribution in [2.45, 2.75) is 18.5 Å². The van der Waals surface area contributed by atoms with Gasteiger partial charge in [0.05, 0.1) is 5.75 Å². The number of hydrogen-bond donors (Lipinski definition) is 1. The van der Waals surface area contributed by atoms with Crippen LogP contribution in [0.5, 0.6) is 5.88 Å². The molecule has 1 aromatic heterocycles. The van der Waals surface area contributed by atoms with E-state index >= 15 is 0 Å². The molecule has 0 fully saturated rings. The highest BCUT2D eigenvalue weighted by Gasteiger charge is 2.29. The monoisotopic (exact) mass is 402 g/mol. The Hall–Kier alpha value is -2.62. The van der Waals surface area contributed by atoms with Crippen LogP contribution < -0.4 is 10.1 Å². The number of amides is 1. The molecule has 10 heteroatoms. The summed E-state index contributed by atoms with van der Waals surface area (Å²) < 4.78 is 64.0. The van der Waals surface area contributed by atoms with Gasteiger partial charge in [0.2, 0.25) is 5.88 Å². The second-order valence-corrected chi connectivity index (χ2v) is 7.96. The first-order valence-corrected chi connectivity index (χ1v) is 9.78. The van der Waals surface area contributed by atoms with E-state index in [1.807, 2.05) is 0 Å². The van der Waals surface area contributed by atoms with Crippen LogP contribution in [0.2, 0.25) is 0 Å². The molecule has 0 aliphatic carbocycles. The summed E-state index contributed by atoms with van der Waals surface area (Å²) >= 11 is 0. The summed E-state index contributed by atoms with van der Waals surface area (Å²) in [6, 6.07) is 9.01. The quantitative estimate of drug-likeness (QED) is 0.769. The lowest BCUT2D eigenvalue weighted by molar-refractivity contribution is -0.154. The van der Waals surface area contributed by atoms with Crippen molar-refractivity contribution in [2.24, 2.45) is 0 Å². The molecule has 0 saturated carbocycles. The molecular formula is C17H17F3N2O4S. The Morgan fingerprint density at radius 3 is 2.44 bits per heavy atom. The minimum atomic E-state index is -4.49. The summed E-state index contributed by atoms with van der Waals surface area (Å²) in [5, 5.41) is 2.56. The number of ether oxygens (including phenoxy) is 1. The lowest BCUT2D eigenvalue weighted by Gasteiger charge is -2.12. The zero-order valence-corrected chi connectivity index (χ0v) is 15.1. The number of pyridine rings is 1. The van der Waals surface area contributed by atoms with Gasteiger partial charge in [0.1, 0.15) is 0 Å². The second kappa shape index (κ2) is 8.38. The van der Waals surface area contributed by atoms with Crippen LogP contribution in [0.25, 0.3) is 0 Å². The number of sulfone groups is 1. The van der Waals surface area contributed by atoms with Crippen molar-refractivity contribution < 1.29 is 31.1 Å². The van der Waals surface area contributed by atoms with Crippen molar-refractivity contribution in [3.8, 4) is 5.88 Å². The van der Waals surface area contributed by atoms with E-state index in [0.717, 1.165) is 6.26 Å². The molecular weight excluding hydrogens is 385 g/mol. The van der Waals surface area contributed by atoms with Crippen LogP contribution in [0, 0.1) is 0 Å². The van der Waals surface area contributed by atoms with E-state index in [-0.39, 0.29) is 23.7 Å². The molecule has 1 heterocycles. The predicted octanol–water partition coefficient (Wildman–Crippen LogP) is 2.50. The first-order chi connectivity index (χ1) is 12.5. The zero-order chi connectivity index (χ0) is 20.1. The number of alkyl halides is 3. The highest BCUT2D eigenvalue weighted by atomic mass is 32.2. The Morgan fingerprint density at radius 2 is 1.85 bits per heavy atom. The van der Waals surface area contributed by atoms with Gasteiger partial charge in [-0.1, -0.05) is 18.2 Å².